The molecule has 110 valence electrons. The number of benzene rings is 1. The van der Waals surface area contributed by atoms with Crippen LogP contribution in [0.3, 0.4) is 0 Å². The molecule has 0 heterocycles. The molecule has 0 spiro atoms. The van der Waals surface area contributed by atoms with Crippen LogP contribution in [0.5, 0.6) is 0 Å². The van der Waals surface area contributed by atoms with E-state index < -0.39 is 21.7 Å². The highest BCUT2D eigenvalue weighted by molar-refractivity contribution is 7.89. The second kappa shape index (κ2) is 5.14. The lowest BCUT2D eigenvalue weighted by atomic mass is 10.1. The Labute approximate surface area is 117 Å². The van der Waals surface area contributed by atoms with Crippen LogP contribution in [0.2, 0.25) is 0 Å². The summed E-state index contributed by atoms with van der Waals surface area (Å²) in [6.07, 6.45) is 1.82. The van der Waals surface area contributed by atoms with Crippen molar-refractivity contribution >= 4 is 15.9 Å². The van der Waals surface area contributed by atoms with E-state index in [2.05, 4.69) is 5.32 Å². The minimum absolute atomic E-state index is 0.0466. The summed E-state index contributed by atoms with van der Waals surface area (Å²) in [4.78, 5) is 11.8. The van der Waals surface area contributed by atoms with Crippen LogP contribution in [0.4, 0.5) is 4.39 Å². The number of halogens is 1. The Bertz CT molecular complexity index is 658. The average Bonchev–Trinajstić information content (AvgIpc) is 3.09. The summed E-state index contributed by atoms with van der Waals surface area (Å²) in [7, 11) is -3.97. The Morgan fingerprint density at radius 3 is 2.65 bits per heavy atom. The lowest BCUT2D eigenvalue weighted by Crippen LogP contribution is -2.28. The maximum absolute atomic E-state index is 14.0. The van der Waals surface area contributed by atoms with Crippen molar-refractivity contribution < 1.29 is 17.6 Å². The zero-order valence-electron chi connectivity index (χ0n) is 11.3. The summed E-state index contributed by atoms with van der Waals surface area (Å²) in [6.45, 7) is 3.41. The van der Waals surface area contributed by atoms with Crippen LogP contribution in [-0.2, 0) is 10.0 Å². The molecule has 1 fully saturated rings. The Hall–Kier alpha value is -1.47. The van der Waals surface area contributed by atoms with Gasteiger partial charge in [0.25, 0.3) is 5.91 Å². The summed E-state index contributed by atoms with van der Waals surface area (Å²) in [5.41, 5.74) is -0.208. The first-order valence-electron chi connectivity index (χ1n) is 6.37. The molecule has 1 aromatic carbocycles. The number of aryl methyl sites for hydroxylation is 1. The van der Waals surface area contributed by atoms with E-state index in [-0.39, 0.29) is 22.1 Å². The zero-order chi connectivity index (χ0) is 15.1. The average molecular weight is 300 g/mol. The lowest BCUT2D eigenvalue weighted by Gasteiger charge is -2.09. The molecule has 5 nitrogen and oxygen atoms in total. The van der Waals surface area contributed by atoms with Gasteiger partial charge >= 0.3 is 0 Å². The van der Waals surface area contributed by atoms with Gasteiger partial charge in [0.2, 0.25) is 10.0 Å². The molecule has 2 atom stereocenters. The first-order chi connectivity index (χ1) is 9.24. The van der Waals surface area contributed by atoms with E-state index in [1.165, 1.54) is 6.92 Å². The maximum atomic E-state index is 14.0. The predicted octanol–water partition coefficient (Wildman–Crippen LogP) is 1.31. The molecule has 1 aromatic rings. The largest absolute Gasteiger partial charge is 0.349 e. The van der Waals surface area contributed by atoms with Gasteiger partial charge in [-0.15, -0.1) is 0 Å². The van der Waals surface area contributed by atoms with Crippen molar-refractivity contribution in [1.29, 1.82) is 0 Å². The number of primary sulfonamides is 1. The molecule has 1 saturated carbocycles. The molecule has 7 heteroatoms. The van der Waals surface area contributed by atoms with Crippen molar-refractivity contribution in [2.24, 2.45) is 11.1 Å². The van der Waals surface area contributed by atoms with Crippen LogP contribution in [0.15, 0.2) is 17.0 Å². The molecule has 3 N–H and O–H groups in total. The number of hydrogen-bond donors (Lipinski definition) is 2. The van der Waals surface area contributed by atoms with Gasteiger partial charge in [0, 0.05) is 6.04 Å². The molecule has 0 bridgehead atoms. The highest BCUT2D eigenvalue weighted by Gasteiger charge is 2.37. The van der Waals surface area contributed by atoms with Crippen LogP contribution in [0.1, 0.15) is 35.7 Å². The molecule has 0 radical (unpaired) electrons. The molecule has 2 unspecified atom stereocenters. The Kier molecular flexibility index (Phi) is 3.84. The van der Waals surface area contributed by atoms with Gasteiger partial charge in [0.1, 0.15) is 5.82 Å². The maximum Gasteiger partial charge on any atom is 0.254 e. The van der Waals surface area contributed by atoms with Crippen molar-refractivity contribution in [3.63, 3.8) is 0 Å². The van der Waals surface area contributed by atoms with Crippen LogP contribution in [0.25, 0.3) is 0 Å². The van der Waals surface area contributed by atoms with Crippen molar-refractivity contribution in [3.05, 3.63) is 29.1 Å². The molecular weight excluding hydrogens is 283 g/mol. The fourth-order valence-corrected chi connectivity index (χ4v) is 2.81. The molecule has 1 amide bonds. The van der Waals surface area contributed by atoms with Gasteiger partial charge in [-0.25, -0.2) is 17.9 Å². The normalized spacial score (nSPS) is 21.6. The second-order valence-corrected chi connectivity index (χ2v) is 6.69. The minimum atomic E-state index is -3.97. The number of sulfonamides is 1. The molecule has 0 aromatic heterocycles. The van der Waals surface area contributed by atoms with Gasteiger partial charge in [-0.05, 0) is 37.0 Å². The van der Waals surface area contributed by atoms with Gasteiger partial charge in [-0.2, -0.15) is 0 Å². The SMILES string of the molecule is CCC1CC1NC(=O)c1cc(S(N)(=O)=O)cc(C)c1F. The van der Waals surface area contributed by atoms with Gasteiger partial charge < -0.3 is 5.32 Å². The number of carbonyl (C=O) groups excluding carboxylic acids is 1. The number of hydrogen-bond acceptors (Lipinski definition) is 3. The summed E-state index contributed by atoms with van der Waals surface area (Å²) in [5, 5.41) is 7.72. The summed E-state index contributed by atoms with van der Waals surface area (Å²) >= 11 is 0. The Morgan fingerprint density at radius 2 is 2.15 bits per heavy atom. The van der Waals surface area contributed by atoms with Crippen molar-refractivity contribution in [3.8, 4) is 0 Å². The van der Waals surface area contributed by atoms with Crippen molar-refractivity contribution in [2.75, 3.05) is 0 Å². The number of carbonyl (C=O) groups is 1. The van der Waals surface area contributed by atoms with Crippen LogP contribution in [-0.4, -0.2) is 20.4 Å². The van der Waals surface area contributed by atoms with Crippen LogP contribution >= 0.6 is 0 Å². The number of amides is 1. The molecule has 1 aliphatic rings. The van der Waals surface area contributed by atoms with Crippen LogP contribution in [0, 0.1) is 18.7 Å². The first-order valence-corrected chi connectivity index (χ1v) is 7.92. The summed E-state index contributed by atoms with van der Waals surface area (Å²) < 4.78 is 36.6. The van der Waals surface area contributed by atoms with E-state index >= 15 is 0 Å². The van der Waals surface area contributed by atoms with E-state index in [1.54, 1.807) is 0 Å². The van der Waals surface area contributed by atoms with E-state index in [4.69, 9.17) is 5.14 Å². The molecule has 0 aliphatic heterocycles. The standard InChI is InChI=1S/C13H17FN2O3S/c1-3-8-5-11(8)16-13(17)10-6-9(20(15,18)19)4-7(2)12(10)14/h4,6,8,11H,3,5H2,1-2H3,(H,16,17)(H2,15,18,19). The fraction of sp³-hybridized carbons (Fsp3) is 0.462. The Balaban J connectivity index is 2.31. The molecule has 2 rings (SSSR count). The summed E-state index contributed by atoms with van der Waals surface area (Å²) in [6, 6.07) is 2.15. The molecule has 20 heavy (non-hydrogen) atoms. The predicted molar refractivity (Wildman–Crippen MR) is 72.2 cm³/mol. The topological polar surface area (TPSA) is 89.3 Å². The lowest BCUT2D eigenvalue weighted by molar-refractivity contribution is 0.0944. The smallest absolute Gasteiger partial charge is 0.254 e. The Morgan fingerprint density at radius 1 is 1.50 bits per heavy atom. The third kappa shape index (κ3) is 2.99. The monoisotopic (exact) mass is 300 g/mol. The second-order valence-electron chi connectivity index (χ2n) is 5.13. The summed E-state index contributed by atoms with van der Waals surface area (Å²) in [5.74, 6) is -0.898. The minimum Gasteiger partial charge on any atom is -0.349 e. The number of nitrogens with one attached hydrogen (secondary N) is 1. The third-order valence-corrected chi connectivity index (χ3v) is 4.46. The quantitative estimate of drug-likeness (QED) is 0.878. The van der Waals surface area contributed by atoms with Gasteiger partial charge in [0.05, 0.1) is 10.5 Å². The highest BCUT2D eigenvalue weighted by atomic mass is 32.2. The van der Waals surface area contributed by atoms with Gasteiger partial charge in [-0.3, -0.25) is 4.79 Å². The number of rotatable bonds is 4. The molecule has 0 saturated heterocycles. The third-order valence-electron chi connectivity index (χ3n) is 3.56. The van der Waals surface area contributed by atoms with Gasteiger partial charge in [0.15, 0.2) is 0 Å². The fourth-order valence-electron chi connectivity index (χ4n) is 2.19. The zero-order valence-corrected chi connectivity index (χ0v) is 12.1. The highest BCUT2D eigenvalue weighted by Crippen LogP contribution is 2.33. The van der Waals surface area contributed by atoms with E-state index in [1.807, 2.05) is 6.92 Å². The van der Waals surface area contributed by atoms with Crippen LogP contribution < -0.4 is 10.5 Å². The van der Waals surface area contributed by atoms with Crippen molar-refractivity contribution in [2.45, 2.75) is 37.6 Å². The van der Waals surface area contributed by atoms with Gasteiger partial charge in [-0.1, -0.05) is 13.3 Å². The first kappa shape index (κ1) is 14.9. The van der Waals surface area contributed by atoms with E-state index in [0.717, 1.165) is 25.0 Å². The molecular formula is C13H17FN2O3S. The number of nitrogens with two attached hydrogens (primary N) is 1. The van der Waals surface area contributed by atoms with Crippen molar-refractivity contribution in [1.82, 2.24) is 5.32 Å². The molecule has 1 aliphatic carbocycles. The van der Waals surface area contributed by atoms with E-state index in [9.17, 15) is 17.6 Å². The van der Waals surface area contributed by atoms with E-state index in [0.29, 0.717) is 5.92 Å².